The van der Waals surface area contributed by atoms with E-state index in [2.05, 4.69) is 13.8 Å². The van der Waals surface area contributed by atoms with E-state index in [1.54, 1.807) is 0 Å². The maximum atomic E-state index is 4.75. The van der Waals surface area contributed by atoms with Gasteiger partial charge in [-0.15, -0.1) is 0 Å². The van der Waals surface area contributed by atoms with Gasteiger partial charge < -0.3 is 0 Å². The first-order chi connectivity index (χ1) is 2.81. The van der Waals surface area contributed by atoms with E-state index in [0.717, 1.165) is 13.0 Å². The molecule has 0 aromatic carbocycles. The quantitative estimate of drug-likeness (QED) is 0.503. The molecular formula is C4H9PS. The summed E-state index contributed by atoms with van der Waals surface area (Å²) in [5, 5.41) is 0. The van der Waals surface area contributed by atoms with Crippen molar-refractivity contribution in [3.63, 3.8) is 0 Å². The number of hydrogen-bond donors (Lipinski definition) is 0. The van der Waals surface area contributed by atoms with Gasteiger partial charge in [0.05, 0.1) is 0 Å². The zero-order valence-corrected chi connectivity index (χ0v) is 5.85. The fraction of sp³-hybridized carbons (Fsp3) is 1.00. The summed E-state index contributed by atoms with van der Waals surface area (Å²) in [4.78, 5) is 0. The molecule has 0 aliphatic carbocycles. The molecule has 0 rings (SSSR count). The van der Waals surface area contributed by atoms with E-state index in [0.29, 0.717) is 0 Å². The van der Waals surface area contributed by atoms with Crippen molar-refractivity contribution in [3.8, 4) is 0 Å². The van der Waals surface area contributed by atoms with Gasteiger partial charge in [-0.1, -0.05) is 25.7 Å². The Balaban J connectivity index is 2.96. The molecule has 2 heteroatoms. The molecule has 0 nitrogen and oxygen atoms in total. The predicted octanol–water partition coefficient (Wildman–Crippen LogP) is 2.19. The van der Waals surface area contributed by atoms with Crippen LogP contribution in [0.2, 0.25) is 0 Å². The van der Waals surface area contributed by atoms with Crippen molar-refractivity contribution in [2.45, 2.75) is 25.9 Å². The lowest BCUT2D eigenvalue weighted by atomic mass is 10.4. The Hall–Kier alpha value is 0.520. The van der Waals surface area contributed by atoms with Gasteiger partial charge in [-0.3, -0.25) is 0 Å². The molecule has 0 aliphatic rings. The van der Waals surface area contributed by atoms with Crippen LogP contribution in [0, 0.1) is 0 Å². The van der Waals surface area contributed by atoms with Gasteiger partial charge in [-0.25, -0.2) is 0 Å². The fourth-order valence-corrected chi connectivity index (χ4v) is 0.671. The molecule has 0 heterocycles. The Morgan fingerprint density at radius 3 is 2.33 bits per heavy atom. The lowest BCUT2D eigenvalue weighted by Gasteiger charge is -1.91. The van der Waals surface area contributed by atoms with E-state index in [4.69, 9.17) is 11.8 Å². The highest BCUT2D eigenvalue weighted by Crippen LogP contribution is 2.07. The third kappa shape index (κ3) is 2.74. The van der Waals surface area contributed by atoms with Gasteiger partial charge in [0.25, 0.3) is 0 Å². The third-order valence-corrected chi connectivity index (χ3v) is 2.58. The van der Waals surface area contributed by atoms with E-state index in [1.165, 1.54) is 6.42 Å². The highest BCUT2D eigenvalue weighted by molar-refractivity contribution is 7.96. The van der Waals surface area contributed by atoms with Gasteiger partial charge >= 0.3 is 0 Å². The molecule has 0 N–H and O–H groups in total. The van der Waals surface area contributed by atoms with Crippen molar-refractivity contribution < 1.29 is 0 Å². The van der Waals surface area contributed by atoms with Crippen LogP contribution in [0.4, 0.5) is 0 Å². The molecule has 0 radical (unpaired) electrons. The molecule has 0 saturated heterocycles. The summed E-state index contributed by atoms with van der Waals surface area (Å²) in [6, 6.07) is 0. The van der Waals surface area contributed by atoms with Crippen LogP contribution in [0.1, 0.15) is 20.3 Å². The molecule has 0 aliphatic heterocycles. The van der Waals surface area contributed by atoms with Gasteiger partial charge in [0, 0.05) is 5.66 Å². The van der Waals surface area contributed by atoms with Gasteiger partial charge in [0.1, 0.15) is 0 Å². The van der Waals surface area contributed by atoms with Gasteiger partial charge in [0.15, 0.2) is 0 Å². The van der Waals surface area contributed by atoms with Crippen molar-refractivity contribution in [2.75, 3.05) is 0 Å². The summed E-state index contributed by atoms with van der Waals surface area (Å²) in [5.41, 5.74) is 0.722. The third-order valence-electron chi connectivity index (χ3n) is 0.771. The number of rotatable bonds is 2. The van der Waals surface area contributed by atoms with Gasteiger partial charge in [-0.2, -0.15) is 0 Å². The van der Waals surface area contributed by atoms with E-state index in [1.807, 2.05) is 0 Å². The molecule has 36 valence electrons. The second kappa shape index (κ2) is 3.70. The van der Waals surface area contributed by atoms with E-state index in [-0.39, 0.29) is 0 Å². The lowest BCUT2D eigenvalue weighted by molar-refractivity contribution is 0.907. The zero-order valence-electron chi connectivity index (χ0n) is 4.14. The van der Waals surface area contributed by atoms with Crippen LogP contribution >= 0.6 is 7.36 Å². The van der Waals surface area contributed by atoms with Crippen molar-refractivity contribution in [1.29, 1.82) is 0 Å². The lowest BCUT2D eigenvalue weighted by Crippen LogP contribution is -1.82. The number of hydrogen-bond acceptors (Lipinski definition) is 1. The first-order valence-corrected chi connectivity index (χ1v) is 4.11. The molecule has 0 spiro atoms. The Bertz CT molecular complexity index is 44.8. The normalized spacial score (nSPS) is 15.0. The Kier molecular flexibility index (Phi) is 4.02. The van der Waals surface area contributed by atoms with Crippen LogP contribution in [-0.2, 0) is 11.8 Å². The van der Waals surface area contributed by atoms with Crippen LogP contribution in [0.3, 0.4) is 0 Å². The summed E-state index contributed by atoms with van der Waals surface area (Å²) in [7, 11) is 1.11. The summed E-state index contributed by atoms with van der Waals surface area (Å²) in [6.07, 6.45) is 1.21. The Morgan fingerprint density at radius 1 is 1.83 bits per heavy atom. The monoisotopic (exact) mass is 120 g/mol. The smallest absolute Gasteiger partial charge is 0.00822 e. The minimum absolute atomic E-state index is 0.722. The Morgan fingerprint density at radius 2 is 2.33 bits per heavy atom. The molecule has 0 aromatic rings. The van der Waals surface area contributed by atoms with E-state index < -0.39 is 0 Å². The summed E-state index contributed by atoms with van der Waals surface area (Å²) in [6.45, 7) is 4.32. The Labute approximate surface area is 45.8 Å². The average Bonchev–Trinajstić information content (AvgIpc) is 1.65. The standard InChI is InChI=1S/C4H9PS/c1-3-4(2)5-6/h4H,3H2,1-2H3. The van der Waals surface area contributed by atoms with Crippen molar-refractivity contribution >= 4 is 19.2 Å². The zero-order chi connectivity index (χ0) is 4.99. The van der Waals surface area contributed by atoms with Crippen molar-refractivity contribution in [2.24, 2.45) is 0 Å². The van der Waals surface area contributed by atoms with Gasteiger partial charge in [0.2, 0.25) is 0 Å². The molecule has 0 amide bonds. The topological polar surface area (TPSA) is 0 Å². The molecule has 1 atom stereocenters. The first kappa shape index (κ1) is 6.52. The summed E-state index contributed by atoms with van der Waals surface area (Å²) in [5.74, 6) is 0. The minimum atomic E-state index is 0.722. The fourth-order valence-electron chi connectivity index (χ4n) is 0.0745. The predicted molar refractivity (Wildman–Crippen MR) is 34.0 cm³/mol. The van der Waals surface area contributed by atoms with Crippen molar-refractivity contribution in [1.82, 2.24) is 0 Å². The van der Waals surface area contributed by atoms with Gasteiger partial charge in [-0.05, 0) is 13.8 Å². The molecular weight excluding hydrogens is 111 g/mol. The second-order valence-corrected chi connectivity index (χ2v) is 3.09. The molecule has 0 saturated carbocycles. The molecule has 6 heavy (non-hydrogen) atoms. The second-order valence-electron chi connectivity index (χ2n) is 1.36. The SMILES string of the molecule is CCC(C)P=S. The highest BCUT2D eigenvalue weighted by Gasteiger charge is 1.87. The van der Waals surface area contributed by atoms with Crippen LogP contribution in [0.15, 0.2) is 0 Å². The summed E-state index contributed by atoms with van der Waals surface area (Å²) < 4.78 is 0. The van der Waals surface area contributed by atoms with Crippen LogP contribution in [-0.4, -0.2) is 5.66 Å². The summed E-state index contributed by atoms with van der Waals surface area (Å²) >= 11 is 4.75. The van der Waals surface area contributed by atoms with E-state index >= 15 is 0 Å². The largest absolute Gasteiger partial charge is 0.0645 e. The first-order valence-electron chi connectivity index (χ1n) is 2.13. The molecule has 0 fully saturated rings. The van der Waals surface area contributed by atoms with Crippen LogP contribution < -0.4 is 0 Å². The molecule has 0 bridgehead atoms. The minimum Gasteiger partial charge on any atom is -0.0645 e. The van der Waals surface area contributed by atoms with Crippen LogP contribution in [0.5, 0.6) is 0 Å². The maximum Gasteiger partial charge on any atom is 0.00822 e. The van der Waals surface area contributed by atoms with Crippen molar-refractivity contribution in [3.05, 3.63) is 0 Å². The van der Waals surface area contributed by atoms with E-state index in [9.17, 15) is 0 Å². The maximum absolute atomic E-state index is 4.75. The molecule has 0 aromatic heterocycles. The average molecular weight is 120 g/mol. The highest BCUT2D eigenvalue weighted by atomic mass is 32.4. The van der Waals surface area contributed by atoms with Crippen LogP contribution in [0.25, 0.3) is 0 Å². The molecule has 1 unspecified atom stereocenters.